The van der Waals surface area contributed by atoms with Crippen molar-refractivity contribution >= 4 is 5.69 Å². The third-order valence-corrected chi connectivity index (χ3v) is 3.36. The average Bonchev–Trinajstić information content (AvgIpc) is 2.30. The van der Waals surface area contributed by atoms with E-state index in [4.69, 9.17) is 0 Å². The van der Waals surface area contributed by atoms with E-state index in [9.17, 15) is 0 Å². The lowest BCUT2D eigenvalue weighted by Crippen LogP contribution is -2.04. The summed E-state index contributed by atoms with van der Waals surface area (Å²) < 4.78 is 0. The monoisotopic (exact) mass is 239 g/mol. The highest BCUT2D eigenvalue weighted by molar-refractivity contribution is 5.47. The quantitative estimate of drug-likeness (QED) is 0.829. The van der Waals surface area contributed by atoms with Crippen molar-refractivity contribution < 1.29 is 0 Å². The van der Waals surface area contributed by atoms with Crippen LogP contribution in [0.3, 0.4) is 0 Å². The molecule has 2 aromatic carbocycles. The molecule has 0 bridgehead atoms. The SMILES string of the molecule is Cc1ccc(NCc2c(C)cc(C)cc2C)cc1. The number of benzene rings is 2. The lowest BCUT2D eigenvalue weighted by atomic mass is 10.00. The number of hydrogen-bond donors (Lipinski definition) is 1. The largest absolute Gasteiger partial charge is 0.381 e. The summed E-state index contributed by atoms with van der Waals surface area (Å²) in [5.41, 5.74) is 7.95. The first kappa shape index (κ1) is 12.7. The molecule has 0 aromatic heterocycles. The summed E-state index contributed by atoms with van der Waals surface area (Å²) in [4.78, 5) is 0. The predicted molar refractivity (Wildman–Crippen MR) is 79.2 cm³/mol. The van der Waals surface area contributed by atoms with Crippen molar-refractivity contribution in [3.05, 3.63) is 64.2 Å². The van der Waals surface area contributed by atoms with Crippen molar-refractivity contribution in [2.75, 3.05) is 5.32 Å². The minimum Gasteiger partial charge on any atom is -0.381 e. The van der Waals surface area contributed by atoms with Gasteiger partial charge >= 0.3 is 0 Å². The summed E-state index contributed by atoms with van der Waals surface area (Å²) in [7, 11) is 0. The van der Waals surface area contributed by atoms with Crippen molar-refractivity contribution in [3.63, 3.8) is 0 Å². The first-order valence-corrected chi connectivity index (χ1v) is 6.43. The van der Waals surface area contributed by atoms with Gasteiger partial charge in [-0.25, -0.2) is 0 Å². The Kier molecular flexibility index (Phi) is 3.71. The lowest BCUT2D eigenvalue weighted by molar-refractivity contribution is 1.08. The molecule has 1 N–H and O–H groups in total. The molecule has 0 amide bonds. The van der Waals surface area contributed by atoms with Crippen LogP contribution in [0.5, 0.6) is 0 Å². The van der Waals surface area contributed by atoms with Gasteiger partial charge in [0.2, 0.25) is 0 Å². The molecule has 0 saturated heterocycles. The standard InChI is InChI=1S/C17H21N/c1-12-5-7-16(8-6-12)18-11-17-14(3)9-13(2)10-15(17)4/h5-10,18H,11H2,1-4H3. The Morgan fingerprint density at radius 3 is 1.89 bits per heavy atom. The molecule has 0 aliphatic heterocycles. The van der Waals surface area contributed by atoms with Gasteiger partial charge < -0.3 is 5.32 Å². The van der Waals surface area contributed by atoms with E-state index in [0.717, 1.165) is 6.54 Å². The fourth-order valence-corrected chi connectivity index (χ4v) is 2.35. The molecule has 0 atom stereocenters. The summed E-state index contributed by atoms with van der Waals surface area (Å²) in [5.74, 6) is 0. The second-order valence-corrected chi connectivity index (χ2v) is 5.10. The van der Waals surface area contributed by atoms with Gasteiger partial charge in [0.1, 0.15) is 0 Å². The summed E-state index contributed by atoms with van der Waals surface area (Å²) in [5, 5.41) is 3.49. The van der Waals surface area contributed by atoms with Crippen molar-refractivity contribution in [1.29, 1.82) is 0 Å². The Labute approximate surface area is 110 Å². The molecular weight excluding hydrogens is 218 g/mol. The molecule has 0 heterocycles. The minimum absolute atomic E-state index is 0.890. The Hall–Kier alpha value is -1.76. The van der Waals surface area contributed by atoms with Crippen LogP contribution < -0.4 is 5.32 Å². The molecule has 0 saturated carbocycles. The van der Waals surface area contributed by atoms with Crippen LogP contribution in [0.2, 0.25) is 0 Å². The zero-order valence-corrected chi connectivity index (χ0v) is 11.7. The Bertz CT molecular complexity index is 515. The van der Waals surface area contributed by atoms with E-state index in [1.54, 1.807) is 0 Å². The molecule has 2 aromatic rings. The van der Waals surface area contributed by atoms with E-state index in [-0.39, 0.29) is 0 Å². The average molecular weight is 239 g/mol. The van der Waals surface area contributed by atoms with Crippen molar-refractivity contribution in [2.24, 2.45) is 0 Å². The van der Waals surface area contributed by atoms with E-state index in [0.29, 0.717) is 0 Å². The first-order chi connectivity index (χ1) is 8.56. The summed E-state index contributed by atoms with van der Waals surface area (Å²) in [6.07, 6.45) is 0. The van der Waals surface area contributed by atoms with Crippen molar-refractivity contribution in [1.82, 2.24) is 0 Å². The van der Waals surface area contributed by atoms with E-state index in [1.165, 1.54) is 33.5 Å². The summed E-state index contributed by atoms with van der Waals surface area (Å²) in [6, 6.07) is 13.0. The molecule has 1 heteroatoms. The molecule has 0 fully saturated rings. The fraction of sp³-hybridized carbons (Fsp3) is 0.294. The van der Waals surface area contributed by atoms with Gasteiger partial charge in [0.25, 0.3) is 0 Å². The third-order valence-electron chi connectivity index (χ3n) is 3.36. The zero-order chi connectivity index (χ0) is 13.1. The number of aryl methyl sites for hydroxylation is 4. The number of nitrogens with one attached hydrogen (secondary N) is 1. The van der Waals surface area contributed by atoms with Gasteiger partial charge in [-0.15, -0.1) is 0 Å². The topological polar surface area (TPSA) is 12.0 Å². The van der Waals surface area contributed by atoms with Crippen LogP contribution in [0.25, 0.3) is 0 Å². The Morgan fingerprint density at radius 1 is 0.778 bits per heavy atom. The molecule has 0 unspecified atom stereocenters. The normalized spacial score (nSPS) is 10.4. The van der Waals surface area contributed by atoms with E-state index in [2.05, 4.69) is 69.4 Å². The first-order valence-electron chi connectivity index (χ1n) is 6.43. The smallest absolute Gasteiger partial charge is 0.0406 e. The second-order valence-electron chi connectivity index (χ2n) is 5.10. The lowest BCUT2D eigenvalue weighted by Gasteiger charge is -2.13. The Morgan fingerprint density at radius 2 is 1.33 bits per heavy atom. The highest BCUT2D eigenvalue weighted by atomic mass is 14.9. The predicted octanol–water partition coefficient (Wildman–Crippen LogP) is 4.53. The highest BCUT2D eigenvalue weighted by Gasteiger charge is 2.03. The van der Waals surface area contributed by atoms with Crippen LogP contribution in [-0.2, 0) is 6.54 Å². The van der Waals surface area contributed by atoms with Crippen LogP contribution in [0.1, 0.15) is 27.8 Å². The molecule has 18 heavy (non-hydrogen) atoms. The summed E-state index contributed by atoms with van der Waals surface area (Å²) in [6.45, 7) is 9.52. The third kappa shape index (κ3) is 2.92. The van der Waals surface area contributed by atoms with Gasteiger partial charge in [0.05, 0.1) is 0 Å². The van der Waals surface area contributed by atoms with E-state index < -0.39 is 0 Å². The Balaban J connectivity index is 2.13. The molecule has 1 nitrogen and oxygen atoms in total. The molecule has 94 valence electrons. The number of anilines is 1. The van der Waals surface area contributed by atoms with Gasteiger partial charge in [-0.2, -0.15) is 0 Å². The minimum atomic E-state index is 0.890. The van der Waals surface area contributed by atoms with Crippen molar-refractivity contribution in [3.8, 4) is 0 Å². The zero-order valence-electron chi connectivity index (χ0n) is 11.7. The molecule has 2 rings (SSSR count). The molecule has 0 aliphatic rings. The number of rotatable bonds is 3. The van der Waals surface area contributed by atoms with Gasteiger partial charge in [-0.3, -0.25) is 0 Å². The maximum atomic E-state index is 3.49. The van der Waals surface area contributed by atoms with Crippen LogP contribution in [0, 0.1) is 27.7 Å². The van der Waals surface area contributed by atoms with E-state index >= 15 is 0 Å². The van der Waals surface area contributed by atoms with Gasteiger partial charge in [-0.05, 0) is 56.5 Å². The van der Waals surface area contributed by atoms with Crippen molar-refractivity contribution in [2.45, 2.75) is 34.2 Å². The fourth-order valence-electron chi connectivity index (χ4n) is 2.35. The van der Waals surface area contributed by atoms with Crippen LogP contribution in [0.15, 0.2) is 36.4 Å². The molecule has 0 radical (unpaired) electrons. The number of hydrogen-bond acceptors (Lipinski definition) is 1. The summed E-state index contributed by atoms with van der Waals surface area (Å²) >= 11 is 0. The highest BCUT2D eigenvalue weighted by Crippen LogP contribution is 2.18. The molecular formula is C17H21N. The van der Waals surface area contributed by atoms with Crippen LogP contribution >= 0.6 is 0 Å². The maximum Gasteiger partial charge on any atom is 0.0406 e. The van der Waals surface area contributed by atoms with Gasteiger partial charge in [-0.1, -0.05) is 35.4 Å². The van der Waals surface area contributed by atoms with Crippen LogP contribution in [0.4, 0.5) is 5.69 Å². The van der Waals surface area contributed by atoms with Gasteiger partial charge in [0, 0.05) is 12.2 Å². The second kappa shape index (κ2) is 5.26. The van der Waals surface area contributed by atoms with Crippen LogP contribution in [-0.4, -0.2) is 0 Å². The molecule has 0 aliphatic carbocycles. The van der Waals surface area contributed by atoms with Gasteiger partial charge in [0.15, 0.2) is 0 Å². The maximum absolute atomic E-state index is 3.49. The molecule has 0 spiro atoms. The van der Waals surface area contributed by atoms with E-state index in [1.807, 2.05) is 0 Å².